The predicted molar refractivity (Wildman–Crippen MR) is 83.3 cm³/mol. The number of ether oxygens (including phenoxy) is 3. The maximum absolute atomic E-state index is 11.8. The third kappa shape index (κ3) is 2.67. The van der Waals surface area contributed by atoms with Gasteiger partial charge in [-0.05, 0) is 36.2 Å². The fourth-order valence-corrected chi connectivity index (χ4v) is 3.20. The molecule has 0 aliphatic heterocycles. The van der Waals surface area contributed by atoms with Crippen molar-refractivity contribution in [3.8, 4) is 21.9 Å². The number of methoxy groups -OCH3 is 3. The number of esters is 1. The van der Waals surface area contributed by atoms with Crippen molar-refractivity contribution in [2.75, 3.05) is 27.1 Å². The van der Waals surface area contributed by atoms with Crippen LogP contribution in [-0.4, -0.2) is 27.3 Å². The molecule has 2 rings (SSSR count). The first-order valence-corrected chi connectivity index (χ1v) is 7.04. The second kappa shape index (κ2) is 6.05. The number of nitrogens with two attached hydrogens (primary N) is 1. The van der Waals surface area contributed by atoms with Gasteiger partial charge in [0.25, 0.3) is 0 Å². The summed E-state index contributed by atoms with van der Waals surface area (Å²) in [4.78, 5) is 12.7. The number of hydrogen-bond donors (Lipinski definition) is 1. The van der Waals surface area contributed by atoms with E-state index in [4.69, 9.17) is 19.9 Å². The number of hydrogen-bond acceptors (Lipinski definition) is 6. The standard InChI is InChI=1S/C15H17NO4S/c1-8-12(15(17)20-4)14(16)21-13(8)9-5-6-10(18-2)11(7-9)19-3/h5-7H,16H2,1-4H3. The monoisotopic (exact) mass is 307 g/mol. The molecule has 1 aromatic carbocycles. The Kier molecular flexibility index (Phi) is 4.37. The summed E-state index contributed by atoms with van der Waals surface area (Å²) in [6, 6.07) is 5.58. The molecule has 112 valence electrons. The minimum Gasteiger partial charge on any atom is -0.493 e. The number of carbonyl (C=O) groups is 1. The lowest BCUT2D eigenvalue weighted by atomic mass is 10.1. The van der Waals surface area contributed by atoms with Gasteiger partial charge in [0, 0.05) is 4.88 Å². The van der Waals surface area contributed by atoms with E-state index in [2.05, 4.69) is 0 Å². The Morgan fingerprint density at radius 2 is 1.81 bits per heavy atom. The molecule has 5 nitrogen and oxygen atoms in total. The maximum atomic E-state index is 11.8. The molecule has 0 aliphatic rings. The summed E-state index contributed by atoms with van der Waals surface area (Å²) in [5, 5.41) is 0.448. The van der Waals surface area contributed by atoms with Crippen molar-refractivity contribution in [1.82, 2.24) is 0 Å². The van der Waals surface area contributed by atoms with Gasteiger partial charge in [-0.25, -0.2) is 4.79 Å². The van der Waals surface area contributed by atoms with Crippen LogP contribution in [0.3, 0.4) is 0 Å². The smallest absolute Gasteiger partial charge is 0.341 e. The summed E-state index contributed by atoms with van der Waals surface area (Å²) < 4.78 is 15.3. The summed E-state index contributed by atoms with van der Waals surface area (Å²) in [5.41, 5.74) is 8.08. The maximum Gasteiger partial charge on any atom is 0.341 e. The van der Waals surface area contributed by atoms with E-state index in [0.29, 0.717) is 22.1 Å². The van der Waals surface area contributed by atoms with Gasteiger partial charge >= 0.3 is 5.97 Å². The number of benzene rings is 1. The van der Waals surface area contributed by atoms with E-state index in [0.717, 1.165) is 16.0 Å². The average Bonchev–Trinajstić information content (AvgIpc) is 2.80. The van der Waals surface area contributed by atoms with Crippen LogP contribution in [0.4, 0.5) is 5.00 Å². The molecule has 0 saturated carbocycles. The van der Waals surface area contributed by atoms with Gasteiger partial charge in [0.2, 0.25) is 0 Å². The summed E-state index contributed by atoms with van der Waals surface area (Å²) >= 11 is 1.35. The van der Waals surface area contributed by atoms with Crippen LogP contribution in [0.15, 0.2) is 18.2 Å². The number of anilines is 1. The molecule has 0 fully saturated rings. The molecule has 0 atom stereocenters. The van der Waals surface area contributed by atoms with Gasteiger partial charge in [0.05, 0.1) is 26.9 Å². The van der Waals surface area contributed by atoms with Crippen molar-refractivity contribution >= 4 is 22.3 Å². The Morgan fingerprint density at radius 3 is 2.38 bits per heavy atom. The van der Waals surface area contributed by atoms with Crippen LogP contribution < -0.4 is 15.2 Å². The molecule has 2 aromatic rings. The Morgan fingerprint density at radius 1 is 1.14 bits per heavy atom. The number of nitrogen functional groups attached to an aromatic ring is 1. The molecule has 0 spiro atoms. The van der Waals surface area contributed by atoms with Gasteiger partial charge in [-0.1, -0.05) is 0 Å². The fourth-order valence-electron chi connectivity index (χ4n) is 2.14. The van der Waals surface area contributed by atoms with Gasteiger partial charge in [-0.15, -0.1) is 11.3 Å². The van der Waals surface area contributed by atoms with Gasteiger partial charge in [0.1, 0.15) is 5.00 Å². The quantitative estimate of drug-likeness (QED) is 0.879. The first kappa shape index (κ1) is 15.2. The molecule has 0 amide bonds. The van der Waals surface area contributed by atoms with E-state index in [-0.39, 0.29) is 0 Å². The van der Waals surface area contributed by atoms with Crippen LogP contribution in [0.2, 0.25) is 0 Å². The second-order valence-electron chi connectivity index (χ2n) is 4.36. The Labute approximate surface area is 127 Å². The molecule has 2 N–H and O–H groups in total. The van der Waals surface area contributed by atoms with Crippen LogP contribution in [0.25, 0.3) is 10.4 Å². The topological polar surface area (TPSA) is 70.8 Å². The SMILES string of the molecule is COC(=O)c1c(N)sc(-c2ccc(OC)c(OC)c2)c1C. The molecular weight excluding hydrogens is 290 g/mol. The zero-order chi connectivity index (χ0) is 15.6. The van der Waals surface area contributed by atoms with E-state index in [9.17, 15) is 4.79 Å². The molecule has 0 unspecified atom stereocenters. The molecular formula is C15H17NO4S. The van der Waals surface area contributed by atoms with Crippen LogP contribution in [0, 0.1) is 6.92 Å². The Hall–Kier alpha value is -2.21. The minimum atomic E-state index is -0.423. The van der Waals surface area contributed by atoms with Gasteiger partial charge < -0.3 is 19.9 Å². The minimum absolute atomic E-state index is 0.423. The molecule has 6 heteroatoms. The van der Waals surface area contributed by atoms with E-state index >= 15 is 0 Å². The van der Waals surface area contributed by atoms with E-state index in [1.165, 1.54) is 18.4 Å². The van der Waals surface area contributed by atoms with Gasteiger partial charge in [-0.3, -0.25) is 0 Å². The van der Waals surface area contributed by atoms with E-state index in [1.807, 2.05) is 25.1 Å². The van der Waals surface area contributed by atoms with Crippen molar-refractivity contribution in [3.05, 3.63) is 29.3 Å². The first-order chi connectivity index (χ1) is 10.0. The molecule has 0 aliphatic carbocycles. The van der Waals surface area contributed by atoms with Crippen molar-refractivity contribution in [1.29, 1.82) is 0 Å². The highest BCUT2D eigenvalue weighted by Crippen LogP contribution is 2.41. The largest absolute Gasteiger partial charge is 0.493 e. The third-order valence-electron chi connectivity index (χ3n) is 3.21. The number of carbonyl (C=O) groups excluding carboxylic acids is 1. The number of rotatable bonds is 4. The highest BCUT2D eigenvalue weighted by atomic mass is 32.1. The lowest BCUT2D eigenvalue weighted by Crippen LogP contribution is -2.04. The normalized spacial score (nSPS) is 10.3. The van der Waals surface area contributed by atoms with Crippen molar-refractivity contribution in [2.24, 2.45) is 0 Å². The zero-order valence-corrected chi connectivity index (χ0v) is 13.2. The predicted octanol–water partition coefficient (Wildman–Crippen LogP) is 3.11. The van der Waals surface area contributed by atoms with E-state index in [1.54, 1.807) is 14.2 Å². The summed E-state index contributed by atoms with van der Waals surface area (Å²) in [6.07, 6.45) is 0. The van der Waals surface area contributed by atoms with E-state index < -0.39 is 5.97 Å². The summed E-state index contributed by atoms with van der Waals surface area (Å²) in [5.74, 6) is 0.852. The molecule has 21 heavy (non-hydrogen) atoms. The van der Waals surface area contributed by atoms with Crippen LogP contribution in [-0.2, 0) is 4.74 Å². The highest BCUT2D eigenvalue weighted by Gasteiger charge is 2.21. The molecule has 1 heterocycles. The lowest BCUT2D eigenvalue weighted by molar-refractivity contribution is 0.0601. The second-order valence-corrected chi connectivity index (χ2v) is 5.41. The number of thiophene rings is 1. The van der Waals surface area contributed by atoms with Crippen LogP contribution >= 0.6 is 11.3 Å². The molecule has 0 radical (unpaired) electrons. The first-order valence-electron chi connectivity index (χ1n) is 6.23. The van der Waals surface area contributed by atoms with Gasteiger partial charge in [-0.2, -0.15) is 0 Å². The van der Waals surface area contributed by atoms with Crippen molar-refractivity contribution < 1.29 is 19.0 Å². The van der Waals surface area contributed by atoms with Crippen molar-refractivity contribution in [2.45, 2.75) is 6.92 Å². The van der Waals surface area contributed by atoms with Gasteiger partial charge in [0.15, 0.2) is 11.5 Å². The average molecular weight is 307 g/mol. The Bertz CT molecular complexity index is 679. The fraction of sp³-hybridized carbons (Fsp3) is 0.267. The highest BCUT2D eigenvalue weighted by molar-refractivity contribution is 7.19. The molecule has 0 saturated heterocycles. The van der Waals surface area contributed by atoms with Crippen LogP contribution in [0.5, 0.6) is 11.5 Å². The molecule has 0 bridgehead atoms. The third-order valence-corrected chi connectivity index (χ3v) is 4.38. The lowest BCUT2D eigenvalue weighted by Gasteiger charge is -2.09. The zero-order valence-electron chi connectivity index (χ0n) is 12.4. The summed E-state index contributed by atoms with van der Waals surface area (Å²) in [7, 11) is 4.51. The summed E-state index contributed by atoms with van der Waals surface area (Å²) in [6.45, 7) is 1.85. The Balaban J connectivity index is 2.55. The van der Waals surface area contributed by atoms with Crippen molar-refractivity contribution in [3.63, 3.8) is 0 Å². The molecule has 1 aromatic heterocycles. The van der Waals surface area contributed by atoms with Crippen LogP contribution in [0.1, 0.15) is 15.9 Å².